The Bertz CT molecular complexity index is 1110. The van der Waals surface area contributed by atoms with E-state index in [0.717, 1.165) is 25.7 Å². The predicted octanol–water partition coefficient (Wildman–Crippen LogP) is 2.31. The Kier molecular flexibility index (Phi) is 4.61. The number of piperidine rings is 1. The van der Waals surface area contributed by atoms with Crippen LogP contribution in [0.15, 0.2) is 38.8 Å². The molecule has 0 atom stereocenters. The number of carbonyl (C=O) groups excluding carboxylic acids is 1. The van der Waals surface area contributed by atoms with Gasteiger partial charge in [0, 0.05) is 19.0 Å². The summed E-state index contributed by atoms with van der Waals surface area (Å²) in [5, 5.41) is 9.31. The molecule has 3 aliphatic rings. The number of rotatable bonds is 4. The lowest BCUT2D eigenvalue weighted by Crippen LogP contribution is -2.46. The standard InChI is InChI=1S/C20H23N5O4S/c1-13-8-10-24(11-9-13)20(26)19-22-25(12-17-21-18(23-29-17)14-6-7-14)15-4-2-3-5-16(15)30(19,27)28/h2-5,13-14H,6-12H2,1H3. The third kappa shape index (κ3) is 3.38. The Morgan fingerprint density at radius 1 is 1.17 bits per heavy atom. The van der Waals surface area contributed by atoms with E-state index in [1.807, 2.05) is 0 Å². The molecule has 2 aliphatic heterocycles. The molecular weight excluding hydrogens is 406 g/mol. The first-order chi connectivity index (χ1) is 14.4. The minimum Gasteiger partial charge on any atom is -0.337 e. The molecule has 30 heavy (non-hydrogen) atoms. The molecule has 1 amide bonds. The van der Waals surface area contributed by atoms with E-state index in [0.29, 0.717) is 42.3 Å². The van der Waals surface area contributed by atoms with Crippen molar-refractivity contribution in [3.63, 3.8) is 0 Å². The number of para-hydroxylation sites is 1. The lowest BCUT2D eigenvalue weighted by Gasteiger charge is -2.32. The Morgan fingerprint density at radius 2 is 1.90 bits per heavy atom. The summed E-state index contributed by atoms with van der Waals surface area (Å²) in [6.45, 7) is 3.30. The van der Waals surface area contributed by atoms with Crippen LogP contribution in [0.1, 0.15) is 50.2 Å². The fraction of sp³-hybridized carbons (Fsp3) is 0.500. The average Bonchev–Trinajstić information content (AvgIpc) is 3.49. The van der Waals surface area contributed by atoms with Crippen molar-refractivity contribution in [1.29, 1.82) is 0 Å². The molecule has 1 aromatic carbocycles. The van der Waals surface area contributed by atoms with E-state index in [1.165, 1.54) is 11.1 Å². The van der Waals surface area contributed by atoms with Gasteiger partial charge in [0.25, 0.3) is 5.91 Å². The Balaban J connectivity index is 1.49. The predicted molar refractivity (Wildman–Crippen MR) is 108 cm³/mol. The highest BCUT2D eigenvalue weighted by molar-refractivity contribution is 8.08. The Morgan fingerprint density at radius 3 is 2.63 bits per heavy atom. The number of hydrogen-bond acceptors (Lipinski definition) is 8. The zero-order valence-electron chi connectivity index (χ0n) is 16.7. The molecular formula is C20H23N5O4S. The normalized spacial score (nSPS) is 21.3. The second kappa shape index (κ2) is 7.19. The lowest BCUT2D eigenvalue weighted by molar-refractivity contribution is -0.125. The van der Waals surface area contributed by atoms with Gasteiger partial charge >= 0.3 is 0 Å². The van der Waals surface area contributed by atoms with Gasteiger partial charge in [-0.3, -0.25) is 9.80 Å². The third-order valence-electron chi connectivity index (χ3n) is 5.86. The van der Waals surface area contributed by atoms with Crippen molar-refractivity contribution in [2.75, 3.05) is 18.1 Å². The van der Waals surface area contributed by atoms with E-state index in [2.05, 4.69) is 22.2 Å². The van der Waals surface area contributed by atoms with Crippen LogP contribution in [0, 0.1) is 5.92 Å². The Labute approximate surface area is 174 Å². The molecule has 0 unspecified atom stereocenters. The van der Waals surface area contributed by atoms with E-state index in [1.54, 1.807) is 23.1 Å². The summed E-state index contributed by atoms with van der Waals surface area (Å²) < 4.78 is 31.7. The van der Waals surface area contributed by atoms with Crippen LogP contribution in [0.2, 0.25) is 0 Å². The fourth-order valence-electron chi connectivity index (χ4n) is 3.81. The second-order valence-corrected chi connectivity index (χ2v) is 10.1. The molecule has 0 bridgehead atoms. The number of hydrazone groups is 1. The number of carbonyl (C=O) groups is 1. The van der Waals surface area contributed by atoms with Crippen molar-refractivity contribution in [1.82, 2.24) is 15.0 Å². The number of anilines is 1. The number of amides is 1. The van der Waals surface area contributed by atoms with Crippen LogP contribution in [-0.2, 0) is 21.2 Å². The molecule has 1 saturated carbocycles. The largest absolute Gasteiger partial charge is 0.337 e. The molecule has 0 N–H and O–H groups in total. The summed E-state index contributed by atoms with van der Waals surface area (Å²) in [5.41, 5.74) is 0.396. The van der Waals surface area contributed by atoms with Gasteiger partial charge in [-0.05, 0) is 43.7 Å². The van der Waals surface area contributed by atoms with Crippen LogP contribution in [-0.4, -0.2) is 47.5 Å². The van der Waals surface area contributed by atoms with Gasteiger partial charge in [-0.15, -0.1) is 0 Å². The minimum absolute atomic E-state index is 0.0654. The number of likely N-dealkylation sites (tertiary alicyclic amines) is 1. The van der Waals surface area contributed by atoms with Crippen LogP contribution in [0.4, 0.5) is 5.69 Å². The van der Waals surface area contributed by atoms with Gasteiger partial charge in [0.1, 0.15) is 6.54 Å². The van der Waals surface area contributed by atoms with E-state index < -0.39 is 20.8 Å². The number of fused-ring (bicyclic) bond motifs is 1. The topological polar surface area (TPSA) is 109 Å². The highest BCUT2D eigenvalue weighted by atomic mass is 32.2. The van der Waals surface area contributed by atoms with Gasteiger partial charge in [-0.1, -0.05) is 24.2 Å². The molecule has 1 saturated heterocycles. The van der Waals surface area contributed by atoms with Gasteiger partial charge in [0.05, 0.1) is 10.6 Å². The fourth-order valence-corrected chi connectivity index (χ4v) is 5.29. The van der Waals surface area contributed by atoms with Gasteiger partial charge in [0.2, 0.25) is 20.8 Å². The van der Waals surface area contributed by atoms with Crippen molar-refractivity contribution >= 4 is 26.5 Å². The summed E-state index contributed by atoms with van der Waals surface area (Å²) in [4.78, 5) is 19.2. The Hall–Kier alpha value is -2.75. The molecule has 9 nitrogen and oxygen atoms in total. The molecule has 0 radical (unpaired) electrons. The number of sulfone groups is 1. The molecule has 158 valence electrons. The van der Waals surface area contributed by atoms with E-state index in [4.69, 9.17) is 4.52 Å². The second-order valence-electron chi connectivity index (χ2n) is 8.23. The zero-order chi connectivity index (χ0) is 20.9. The maximum atomic E-state index is 13.2. The van der Waals surface area contributed by atoms with Crippen LogP contribution >= 0.6 is 0 Å². The van der Waals surface area contributed by atoms with Crippen molar-refractivity contribution in [2.45, 2.75) is 50.0 Å². The monoisotopic (exact) mass is 429 g/mol. The molecule has 10 heteroatoms. The maximum Gasteiger partial charge on any atom is 0.286 e. The summed E-state index contributed by atoms with van der Waals surface area (Å²) in [6, 6.07) is 6.54. The van der Waals surface area contributed by atoms with E-state index >= 15 is 0 Å². The molecule has 1 aromatic heterocycles. The first-order valence-corrected chi connectivity index (χ1v) is 11.7. The van der Waals surface area contributed by atoms with E-state index in [9.17, 15) is 13.2 Å². The van der Waals surface area contributed by atoms with Crippen molar-refractivity contribution < 1.29 is 17.7 Å². The molecule has 2 aromatic rings. The molecule has 2 fully saturated rings. The highest BCUT2D eigenvalue weighted by Gasteiger charge is 2.40. The van der Waals surface area contributed by atoms with Gasteiger partial charge in [0.15, 0.2) is 5.82 Å². The summed E-state index contributed by atoms with van der Waals surface area (Å²) >= 11 is 0. The summed E-state index contributed by atoms with van der Waals surface area (Å²) in [5.74, 6) is 1.33. The molecule has 0 spiro atoms. The number of benzene rings is 1. The quantitative estimate of drug-likeness (QED) is 0.734. The van der Waals surface area contributed by atoms with Crippen molar-refractivity contribution in [3.05, 3.63) is 36.0 Å². The van der Waals surface area contributed by atoms with Crippen molar-refractivity contribution in [2.24, 2.45) is 11.0 Å². The SMILES string of the molecule is CC1CCN(C(=O)C2=NN(Cc3nc(C4CC4)no3)c3ccccc3S2(=O)=O)CC1. The number of aromatic nitrogens is 2. The van der Waals surface area contributed by atoms with Gasteiger partial charge in [-0.25, -0.2) is 8.42 Å². The van der Waals surface area contributed by atoms with Crippen LogP contribution in [0.3, 0.4) is 0 Å². The summed E-state index contributed by atoms with van der Waals surface area (Å²) in [7, 11) is -4.02. The minimum atomic E-state index is -4.02. The molecule has 3 heterocycles. The first-order valence-electron chi connectivity index (χ1n) is 10.3. The summed E-state index contributed by atoms with van der Waals surface area (Å²) in [6.07, 6.45) is 3.81. The molecule has 5 rings (SSSR count). The average molecular weight is 430 g/mol. The highest BCUT2D eigenvalue weighted by Crippen LogP contribution is 2.38. The molecule has 1 aliphatic carbocycles. The van der Waals surface area contributed by atoms with Crippen LogP contribution in [0.5, 0.6) is 0 Å². The first kappa shape index (κ1) is 19.2. The van der Waals surface area contributed by atoms with Crippen molar-refractivity contribution in [3.8, 4) is 0 Å². The number of nitrogens with zero attached hydrogens (tertiary/aromatic N) is 5. The third-order valence-corrected chi connectivity index (χ3v) is 7.55. The number of hydrogen-bond donors (Lipinski definition) is 0. The zero-order valence-corrected chi connectivity index (χ0v) is 17.5. The lowest BCUT2D eigenvalue weighted by atomic mass is 9.99. The van der Waals surface area contributed by atoms with E-state index in [-0.39, 0.29) is 11.4 Å². The van der Waals surface area contributed by atoms with Gasteiger partial charge < -0.3 is 9.42 Å². The van der Waals surface area contributed by atoms with Crippen LogP contribution in [0.25, 0.3) is 0 Å². The van der Waals surface area contributed by atoms with Gasteiger partial charge in [-0.2, -0.15) is 10.1 Å². The smallest absolute Gasteiger partial charge is 0.286 e. The van der Waals surface area contributed by atoms with Crippen LogP contribution < -0.4 is 5.01 Å². The maximum absolute atomic E-state index is 13.2.